The van der Waals surface area contributed by atoms with Crippen LogP contribution >= 0.6 is 0 Å². The van der Waals surface area contributed by atoms with Gasteiger partial charge in [0.15, 0.2) is 0 Å². The first-order chi connectivity index (χ1) is 12.6. The summed E-state index contributed by atoms with van der Waals surface area (Å²) >= 11 is 0. The van der Waals surface area contributed by atoms with Gasteiger partial charge in [0.25, 0.3) is 0 Å². The highest BCUT2D eigenvalue weighted by Gasteiger charge is 2.52. The van der Waals surface area contributed by atoms with Gasteiger partial charge < -0.3 is 14.6 Å². The third-order valence-corrected chi connectivity index (χ3v) is 4.90. The van der Waals surface area contributed by atoms with Crippen molar-refractivity contribution < 1.29 is 35.7 Å². The zero-order valence-corrected chi connectivity index (χ0v) is 16.2. The molecule has 1 saturated heterocycles. The Labute approximate surface area is 160 Å². The fourth-order valence-corrected chi connectivity index (χ4v) is 2.68. The number of halogens is 6. The van der Waals surface area contributed by atoms with Crippen LogP contribution in [0.15, 0.2) is 23.7 Å². The zero-order valence-electron chi connectivity index (χ0n) is 16.2. The molecule has 0 amide bonds. The van der Waals surface area contributed by atoms with Crippen LogP contribution in [0.3, 0.4) is 0 Å². The molecule has 1 N–H and O–H groups in total. The lowest BCUT2D eigenvalue weighted by molar-refractivity contribution is -0.143. The molecule has 3 nitrogen and oxygen atoms in total. The highest BCUT2D eigenvalue weighted by Crippen LogP contribution is 2.40. The van der Waals surface area contributed by atoms with E-state index in [1.807, 2.05) is 0 Å². The lowest BCUT2D eigenvalue weighted by Gasteiger charge is -2.32. The van der Waals surface area contributed by atoms with Gasteiger partial charge in [0, 0.05) is 6.54 Å². The van der Waals surface area contributed by atoms with E-state index >= 15 is 0 Å². The first-order valence-electron chi connectivity index (χ1n) is 8.57. The molecule has 0 unspecified atom stereocenters. The summed E-state index contributed by atoms with van der Waals surface area (Å²) in [6.45, 7) is 7.37. The first-order valence-corrected chi connectivity index (χ1v) is 8.57. The molecule has 0 saturated carbocycles. The van der Waals surface area contributed by atoms with Crippen molar-refractivity contribution in [3.8, 4) is 0 Å². The topological polar surface area (TPSA) is 30.5 Å². The Morgan fingerprint density at radius 1 is 0.929 bits per heavy atom. The van der Waals surface area contributed by atoms with Gasteiger partial charge in [-0.2, -0.15) is 26.3 Å². The van der Waals surface area contributed by atoms with Crippen LogP contribution < -0.4 is 5.32 Å². The Morgan fingerprint density at radius 2 is 1.36 bits per heavy atom. The van der Waals surface area contributed by atoms with Crippen molar-refractivity contribution in [2.75, 3.05) is 13.6 Å². The lowest BCUT2D eigenvalue weighted by Crippen LogP contribution is -2.41. The zero-order chi connectivity index (χ0) is 21.5. The maximum Gasteiger partial charge on any atom is 0.491 e. The predicted molar refractivity (Wildman–Crippen MR) is 94.4 cm³/mol. The molecule has 1 aliphatic rings. The van der Waals surface area contributed by atoms with E-state index in [0.717, 1.165) is 0 Å². The van der Waals surface area contributed by atoms with Gasteiger partial charge in [-0.1, -0.05) is 6.08 Å². The van der Waals surface area contributed by atoms with Gasteiger partial charge in [-0.3, -0.25) is 0 Å². The van der Waals surface area contributed by atoms with Crippen LogP contribution in [-0.4, -0.2) is 31.9 Å². The Morgan fingerprint density at radius 3 is 1.71 bits per heavy atom. The van der Waals surface area contributed by atoms with Gasteiger partial charge >= 0.3 is 19.5 Å². The van der Waals surface area contributed by atoms with E-state index in [0.29, 0.717) is 17.6 Å². The Bertz CT molecular complexity index is 707. The van der Waals surface area contributed by atoms with E-state index in [1.54, 1.807) is 34.7 Å². The highest BCUT2D eigenvalue weighted by molar-refractivity contribution is 6.55. The molecule has 0 atom stereocenters. The number of likely N-dealkylation sites (N-methyl/N-ethyl adjacent to an activating group) is 1. The number of hydrogen-bond acceptors (Lipinski definition) is 3. The maximum atomic E-state index is 13.1. The number of alkyl halides is 6. The summed E-state index contributed by atoms with van der Waals surface area (Å²) < 4.78 is 90.2. The van der Waals surface area contributed by atoms with Crippen LogP contribution in [0.4, 0.5) is 26.3 Å². The van der Waals surface area contributed by atoms with Crippen LogP contribution in [0, 0.1) is 0 Å². The van der Waals surface area contributed by atoms with Crippen molar-refractivity contribution >= 4 is 13.2 Å². The molecule has 0 aliphatic carbocycles. The molecule has 0 aromatic heterocycles. The Hall–Kier alpha value is -1.52. The molecule has 1 aliphatic heterocycles. The van der Waals surface area contributed by atoms with Crippen LogP contribution in [-0.2, 0) is 21.7 Å². The molecule has 28 heavy (non-hydrogen) atoms. The average Bonchev–Trinajstić information content (AvgIpc) is 2.73. The maximum absolute atomic E-state index is 13.1. The fraction of sp³-hybridized carbons (Fsp3) is 0.556. The molecule has 2 rings (SSSR count). The summed E-state index contributed by atoms with van der Waals surface area (Å²) in [5.41, 5.74) is -3.99. The summed E-state index contributed by atoms with van der Waals surface area (Å²) in [4.78, 5) is 0. The minimum absolute atomic E-state index is 0.101. The van der Waals surface area contributed by atoms with E-state index < -0.39 is 41.8 Å². The van der Waals surface area contributed by atoms with E-state index in [9.17, 15) is 26.3 Å². The Kier molecular flexibility index (Phi) is 6.01. The van der Waals surface area contributed by atoms with Crippen molar-refractivity contribution in [1.82, 2.24) is 5.32 Å². The second-order valence-corrected chi connectivity index (χ2v) is 7.68. The molecule has 1 fully saturated rings. The summed E-state index contributed by atoms with van der Waals surface area (Å²) in [6.07, 6.45) is -8.57. The number of hydrogen-bond donors (Lipinski definition) is 1. The SMILES string of the molecule is CNCC(=Cc1cc(C(F)(F)F)cc(C(F)(F)F)c1)B1OC(C)(C)C(C)(C)O1. The Balaban J connectivity index is 2.53. The second-order valence-electron chi connectivity index (χ2n) is 7.68. The normalized spacial score (nSPS) is 20.0. The minimum atomic E-state index is -4.91. The molecular formula is C18H22BF6NO2. The average molecular weight is 409 g/mol. The van der Waals surface area contributed by atoms with Crippen molar-refractivity contribution in [2.45, 2.75) is 51.2 Å². The highest BCUT2D eigenvalue weighted by atomic mass is 19.4. The van der Waals surface area contributed by atoms with Crippen LogP contribution in [0.2, 0.25) is 0 Å². The van der Waals surface area contributed by atoms with Crippen molar-refractivity contribution in [3.05, 3.63) is 40.4 Å². The molecule has 0 spiro atoms. The summed E-state index contributed by atoms with van der Waals surface area (Å²) in [5.74, 6) is 0. The quantitative estimate of drug-likeness (QED) is 0.564. The standard InChI is InChI=1S/C18H22BF6NO2/c1-15(2)16(3,4)28-19(27-15)14(10-26-5)8-11-6-12(17(20,21)22)9-13(7-11)18(23,24)25/h6-9,26H,10H2,1-5H3. The summed E-state index contributed by atoms with van der Waals surface area (Å²) in [5, 5.41) is 2.84. The van der Waals surface area contributed by atoms with Crippen molar-refractivity contribution in [1.29, 1.82) is 0 Å². The van der Waals surface area contributed by atoms with Crippen LogP contribution in [0.5, 0.6) is 0 Å². The molecule has 0 radical (unpaired) electrons. The predicted octanol–water partition coefficient (Wildman–Crippen LogP) is 4.96. The molecule has 10 heteroatoms. The summed E-state index contributed by atoms with van der Waals surface area (Å²) in [7, 11) is 0.702. The van der Waals surface area contributed by atoms with Crippen LogP contribution in [0.25, 0.3) is 6.08 Å². The number of benzene rings is 1. The molecule has 1 aromatic rings. The largest absolute Gasteiger partial charge is 0.491 e. The van der Waals surface area contributed by atoms with Gasteiger partial charge in [-0.15, -0.1) is 0 Å². The third kappa shape index (κ3) is 4.90. The second kappa shape index (κ2) is 7.38. The van der Waals surface area contributed by atoms with Gasteiger partial charge in [-0.05, 0) is 64.0 Å². The smallest absolute Gasteiger partial charge is 0.400 e. The molecule has 0 bridgehead atoms. The first kappa shape index (κ1) is 22.8. The van der Waals surface area contributed by atoms with E-state index in [2.05, 4.69) is 5.32 Å². The van der Waals surface area contributed by atoms with Crippen LogP contribution in [0.1, 0.15) is 44.4 Å². The van der Waals surface area contributed by atoms with Gasteiger partial charge in [0.2, 0.25) is 0 Å². The van der Waals surface area contributed by atoms with Crippen molar-refractivity contribution in [2.24, 2.45) is 0 Å². The van der Waals surface area contributed by atoms with E-state index in [1.165, 1.54) is 6.08 Å². The van der Waals surface area contributed by atoms with Crippen molar-refractivity contribution in [3.63, 3.8) is 0 Å². The lowest BCUT2D eigenvalue weighted by atomic mass is 9.77. The number of rotatable bonds is 4. The van der Waals surface area contributed by atoms with Gasteiger partial charge in [-0.25, -0.2) is 0 Å². The monoisotopic (exact) mass is 409 g/mol. The number of nitrogens with one attached hydrogen (secondary N) is 1. The van der Waals surface area contributed by atoms with Gasteiger partial charge in [0.05, 0.1) is 22.3 Å². The van der Waals surface area contributed by atoms with E-state index in [4.69, 9.17) is 9.31 Å². The van der Waals surface area contributed by atoms with Gasteiger partial charge in [0.1, 0.15) is 0 Å². The molecule has 156 valence electrons. The van der Waals surface area contributed by atoms with E-state index in [-0.39, 0.29) is 18.2 Å². The molecule has 1 heterocycles. The third-order valence-electron chi connectivity index (χ3n) is 4.90. The molecular weight excluding hydrogens is 387 g/mol. The molecule has 1 aromatic carbocycles. The minimum Gasteiger partial charge on any atom is -0.400 e. The fourth-order valence-electron chi connectivity index (χ4n) is 2.68. The summed E-state index contributed by atoms with van der Waals surface area (Å²) in [6, 6.07) is 1.45.